The van der Waals surface area contributed by atoms with Gasteiger partial charge in [0.1, 0.15) is 0 Å². The third-order valence-electron chi connectivity index (χ3n) is 2.25. The maximum atomic E-state index is 13.5. The van der Waals surface area contributed by atoms with E-state index in [4.69, 9.17) is 4.55 Å². The molecular weight excluding hydrogens is 193 g/mol. The number of hydrogen-bond acceptors (Lipinski definition) is 2. The molecule has 0 aromatic heterocycles. The van der Waals surface area contributed by atoms with Gasteiger partial charge in [-0.2, -0.15) is 0 Å². The molecule has 0 bridgehead atoms. The summed E-state index contributed by atoms with van der Waals surface area (Å²) in [5, 5.41) is 2.77. The van der Waals surface area contributed by atoms with E-state index in [0.717, 1.165) is 25.7 Å². The molecule has 13 heavy (non-hydrogen) atoms. The molecule has 0 aliphatic heterocycles. The number of hydrogen-bond donors (Lipinski definition) is 2. The maximum absolute atomic E-state index is 13.5. The van der Waals surface area contributed by atoms with Gasteiger partial charge in [-0.05, 0) is 19.8 Å². The van der Waals surface area contributed by atoms with Crippen LogP contribution in [0, 0.1) is 0 Å². The lowest BCUT2D eigenvalue weighted by Gasteiger charge is -2.24. The lowest BCUT2D eigenvalue weighted by atomic mass is 10.2. The molecule has 0 heterocycles. The monoisotopic (exact) mass is 209 g/mol. The highest BCUT2D eigenvalue weighted by Gasteiger charge is 2.29. The minimum Gasteiger partial charge on any atom is -0.306 e. The molecule has 1 unspecified atom stereocenters. The van der Waals surface area contributed by atoms with E-state index in [1.165, 1.54) is 6.92 Å². The van der Waals surface area contributed by atoms with E-state index >= 15 is 0 Å². The normalized spacial score (nSPS) is 25.8. The molecule has 3 nitrogen and oxygen atoms in total. The summed E-state index contributed by atoms with van der Waals surface area (Å²) in [4.78, 5) is 0. The summed E-state index contributed by atoms with van der Waals surface area (Å²) in [6.07, 6.45) is 4.18. The van der Waals surface area contributed by atoms with Gasteiger partial charge in [0.25, 0.3) is 0 Å². The number of halogens is 1. The van der Waals surface area contributed by atoms with Crippen LogP contribution in [0.5, 0.6) is 0 Å². The quantitative estimate of drug-likeness (QED) is 0.544. The van der Waals surface area contributed by atoms with Gasteiger partial charge in [0.2, 0.25) is 0 Å². The molecule has 5 heteroatoms. The van der Waals surface area contributed by atoms with Gasteiger partial charge >= 0.3 is 0 Å². The fraction of sp³-hybridized carbons (Fsp3) is 1.00. The molecule has 0 aromatic carbocycles. The van der Waals surface area contributed by atoms with Crippen LogP contribution >= 0.6 is 0 Å². The van der Waals surface area contributed by atoms with E-state index in [2.05, 4.69) is 5.32 Å². The highest BCUT2D eigenvalue weighted by molar-refractivity contribution is 7.79. The van der Waals surface area contributed by atoms with Gasteiger partial charge < -0.3 is 4.55 Å². The van der Waals surface area contributed by atoms with Crippen molar-refractivity contribution in [1.29, 1.82) is 0 Å². The summed E-state index contributed by atoms with van der Waals surface area (Å²) in [6, 6.07) is 0.179. The average molecular weight is 209 g/mol. The van der Waals surface area contributed by atoms with E-state index < -0.39 is 16.9 Å². The van der Waals surface area contributed by atoms with Crippen LogP contribution in [0.4, 0.5) is 4.39 Å². The predicted molar refractivity (Wildman–Crippen MR) is 50.5 cm³/mol. The van der Waals surface area contributed by atoms with Crippen molar-refractivity contribution in [3.63, 3.8) is 0 Å². The fourth-order valence-electron chi connectivity index (χ4n) is 1.77. The van der Waals surface area contributed by atoms with Crippen molar-refractivity contribution in [3.8, 4) is 0 Å². The Morgan fingerprint density at radius 1 is 1.62 bits per heavy atom. The molecule has 1 fully saturated rings. The van der Waals surface area contributed by atoms with Crippen LogP contribution in [-0.2, 0) is 11.1 Å². The summed E-state index contributed by atoms with van der Waals surface area (Å²) in [5.41, 5.74) is 0. The zero-order valence-corrected chi connectivity index (χ0v) is 8.57. The summed E-state index contributed by atoms with van der Waals surface area (Å²) >= 11 is -2.07. The Bertz CT molecular complexity index is 193. The number of rotatable bonds is 4. The van der Waals surface area contributed by atoms with Crippen molar-refractivity contribution < 1.29 is 13.2 Å². The second-order valence-electron chi connectivity index (χ2n) is 3.79. The van der Waals surface area contributed by atoms with Crippen molar-refractivity contribution in [2.75, 3.05) is 5.75 Å². The highest BCUT2D eigenvalue weighted by atomic mass is 32.2. The third-order valence-corrected chi connectivity index (χ3v) is 3.04. The Hall–Kier alpha value is -0.0000000000000000416. The van der Waals surface area contributed by atoms with E-state index in [1.807, 2.05) is 0 Å². The van der Waals surface area contributed by atoms with Gasteiger partial charge in [0.15, 0.2) is 16.9 Å². The molecule has 0 amide bonds. The molecule has 1 saturated carbocycles. The van der Waals surface area contributed by atoms with Crippen LogP contribution in [-0.4, -0.2) is 26.3 Å². The minimum absolute atomic E-state index is 0.179. The first kappa shape index (κ1) is 11.1. The first-order chi connectivity index (χ1) is 5.99. The fourth-order valence-corrected chi connectivity index (χ4v) is 2.32. The molecule has 0 spiro atoms. The van der Waals surface area contributed by atoms with Gasteiger partial charge in [-0.3, -0.25) is 5.32 Å². The Morgan fingerprint density at radius 2 is 2.15 bits per heavy atom. The molecule has 0 aromatic rings. The molecule has 0 saturated heterocycles. The summed E-state index contributed by atoms with van der Waals surface area (Å²) in [6.45, 7) is 1.32. The summed E-state index contributed by atoms with van der Waals surface area (Å²) in [7, 11) is 0. The van der Waals surface area contributed by atoms with Crippen molar-refractivity contribution in [2.45, 2.75) is 44.4 Å². The molecule has 1 aliphatic carbocycles. The molecule has 78 valence electrons. The first-order valence-electron chi connectivity index (χ1n) is 4.54. The Kier molecular flexibility index (Phi) is 3.82. The summed E-state index contributed by atoms with van der Waals surface area (Å²) in [5.74, 6) is -2.07. The SMILES string of the molecule is C[C@@](F)(CS(=O)O)NC1CCCC1. The smallest absolute Gasteiger partial charge is 0.172 e. The van der Waals surface area contributed by atoms with Gasteiger partial charge in [-0.15, -0.1) is 0 Å². The highest BCUT2D eigenvalue weighted by Crippen LogP contribution is 2.21. The zero-order chi connectivity index (χ0) is 9.90. The lowest BCUT2D eigenvalue weighted by molar-refractivity contribution is 0.146. The van der Waals surface area contributed by atoms with Crippen LogP contribution in [0.15, 0.2) is 0 Å². The standard InChI is InChI=1S/C8H16FNO2S/c1-8(9,6-13(11)12)10-7-4-2-3-5-7/h7,10H,2-6H2,1H3,(H,11,12)/t8-/m0/s1. The second-order valence-corrected chi connectivity index (χ2v) is 4.72. The molecule has 1 rings (SSSR count). The minimum atomic E-state index is -2.07. The van der Waals surface area contributed by atoms with Crippen LogP contribution < -0.4 is 5.32 Å². The molecule has 1 aliphatic rings. The van der Waals surface area contributed by atoms with Gasteiger partial charge in [0.05, 0.1) is 5.75 Å². The van der Waals surface area contributed by atoms with Crippen LogP contribution in [0.1, 0.15) is 32.6 Å². The van der Waals surface area contributed by atoms with E-state index in [9.17, 15) is 8.60 Å². The first-order valence-corrected chi connectivity index (χ1v) is 5.81. The van der Waals surface area contributed by atoms with Crippen LogP contribution in [0.3, 0.4) is 0 Å². The Morgan fingerprint density at radius 3 is 2.62 bits per heavy atom. The topological polar surface area (TPSA) is 49.3 Å². The lowest BCUT2D eigenvalue weighted by Crippen LogP contribution is -2.47. The number of nitrogens with one attached hydrogen (secondary N) is 1. The zero-order valence-electron chi connectivity index (χ0n) is 7.75. The molecule has 2 N–H and O–H groups in total. The predicted octanol–water partition coefficient (Wildman–Crippen LogP) is 1.43. The van der Waals surface area contributed by atoms with Crippen molar-refractivity contribution in [1.82, 2.24) is 5.32 Å². The second kappa shape index (κ2) is 4.48. The average Bonchev–Trinajstić information content (AvgIpc) is 2.34. The number of alkyl halides is 1. The van der Waals surface area contributed by atoms with Gasteiger partial charge in [-0.1, -0.05) is 12.8 Å². The third kappa shape index (κ3) is 4.15. The Labute approximate surface area is 80.4 Å². The van der Waals surface area contributed by atoms with Crippen LogP contribution in [0.2, 0.25) is 0 Å². The van der Waals surface area contributed by atoms with Crippen LogP contribution in [0.25, 0.3) is 0 Å². The maximum Gasteiger partial charge on any atom is 0.172 e. The van der Waals surface area contributed by atoms with E-state index in [0.29, 0.717) is 0 Å². The molecule has 0 radical (unpaired) electrons. The van der Waals surface area contributed by atoms with Crippen molar-refractivity contribution >= 4 is 11.1 Å². The van der Waals surface area contributed by atoms with Gasteiger partial charge in [0, 0.05) is 6.04 Å². The largest absolute Gasteiger partial charge is 0.306 e. The molecule has 2 atom stereocenters. The molecular formula is C8H16FNO2S. The van der Waals surface area contributed by atoms with Crippen molar-refractivity contribution in [2.24, 2.45) is 0 Å². The Balaban J connectivity index is 2.35. The summed E-state index contributed by atoms with van der Waals surface area (Å²) < 4.78 is 32.5. The van der Waals surface area contributed by atoms with E-state index in [-0.39, 0.29) is 11.8 Å². The van der Waals surface area contributed by atoms with Crippen molar-refractivity contribution in [3.05, 3.63) is 0 Å². The van der Waals surface area contributed by atoms with Gasteiger partial charge in [-0.25, -0.2) is 8.60 Å². The van der Waals surface area contributed by atoms with E-state index in [1.54, 1.807) is 0 Å².